The van der Waals surface area contributed by atoms with Crippen LogP contribution in [0.5, 0.6) is 0 Å². The third-order valence-electron chi connectivity index (χ3n) is 5.55. The summed E-state index contributed by atoms with van der Waals surface area (Å²) >= 11 is 3.10. The van der Waals surface area contributed by atoms with Gasteiger partial charge in [-0.1, -0.05) is 61.6 Å². The van der Waals surface area contributed by atoms with Crippen LogP contribution in [0.3, 0.4) is 0 Å². The van der Waals surface area contributed by atoms with Crippen molar-refractivity contribution in [3.05, 3.63) is 113 Å². The van der Waals surface area contributed by atoms with Crippen LogP contribution >= 0.6 is 23.5 Å². The van der Waals surface area contributed by atoms with E-state index in [4.69, 9.17) is 10.8 Å². The minimum Gasteiger partial charge on any atom is -0.347 e. The molecule has 0 saturated heterocycles. The first-order valence-corrected chi connectivity index (χ1v) is 14.4. The van der Waals surface area contributed by atoms with Crippen LogP contribution in [0.2, 0.25) is 0 Å². The summed E-state index contributed by atoms with van der Waals surface area (Å²) in [5.41, 5.74) is 2.99. The lowest BCUT2D eigenvalue weighted by molar-refractivity contribution is 0.724. The second-order valence-electron chi connectivity index (χ2n) is 8.14. The fraction of sp³-hybridized carbons (Fsp3) is 0.267. The van der Waals surface area contributed by atoms with Crippen LogP contribution in [-0.4, -0.2) is 26.6 Å². The Morgan fingerprint density at radius 2 is 1.38 bits per heavy atom. The molecule has 0 saturated carbocycles. The van der Waals surface area contributed by atoms with Crippen LogP contribution in [0.4, 0.5) is 5.69 Å². The molecule has 5 rings (SSSR count). The van der Waals surface area contributed by atoms with Gasteiger partial charge in [-0.15, -0.1) is 0 Å². The van der Waals surface area contributed by atoms with Crippen molar-refractivity contribution in [3.8, 4) is 0 Å². The quantitative estimate of drug-likeness (QED) is 0.256. The monoisotopic (exact) mass is 529 g/mol. The molecule has 7 heteroatoms. The van der Waals surface area contributed by atoms with E-state index in [9.17, 15) is 0 Å². The van der Waals surface area contributed by atoms with Crippen molar-refractivity contribution in [2.45, 2.75) is 46.0 Å². The van der Waals surface area contributed by atoms with Crippen LogP contribution in [0, 0.1) is 10.8 Å². The number of pyridine rings is 2. The Labute approximate surface area is 229 Å². The van der Waals surface area contributed by atoms with Gasteiger partial charge in [-0.2, -0.15) is 0 Å². The van der Waals surface area contributed by atoms with Gasteiger partial charge in [-0.25, -0.2) is 0 Å². The van der Waals surface area contributed by atoms with Gasteiger partial charge < -0.3 is 4.90 Å². The van der Waals surface area contributed by atoms with Crippen LogP contribution in [0.15, 0.2) is 101 Å². The molecule has 37 heavy (non-hydrogen) atoms. The van der Waals surface area contributed by atoms with E-state index in [0.717, 1.165) is 30.5 Å². The van der Waals surface area contributed by atoms with Gasteiger partial charge in [0.2, 0.25) is 0 Å². The zero-order chi connectivity index (χ0) is 26.3. The minimum atomic E-state index is 0.555. The maximum Gasteiger partial charge on any atom is 0.100 e. The molecule has 0 bridgehead atoms. The molecule has 0 unspecified atom stereocenters. The van der Waals surface area contributed by atoms with Crippen molar-refractivity contribution in [2.75, 3.05) is 11.4 Å². The molecule has 192 valence electrons. The molecule has 2 N–H and O–H groups in total. The first-order valence-electron chi connectivity index (χ1n) is 12.7. The Morgan fingerprint density at radius 1 is 0.757 bits per heavy atom. The Kier molecular flexibility index (Phi) is 12.2. The van der Waals surface area contributed by atoms with E-state index in [0.29, 0.717) is 10.1 Å². The first-order chi connectivity index (χ1) is 18.2. The van der Waals surface area contributed by atoms with E-state index < -0.39 is 0 Å². The SMILES string of the molecule is CC.N=C(SC1=CCCCC1)c1cccnc1.N=C(SC1=CN(c2ccccc2)CC1)c1cccnc1. The molecular formula is C30H35N5S2. The predicted molar refractivity (Wildman–Crippen MR) is 162 cm³/mol. The van der Waals surface area contributed by atoms with Crippen molar-refractivity contribution in [1.29, 1.82) is 10.8 Å². The highest BCUT2D eigenvalue weighted by Gasteiger charge is 2.16. The number of hydrogen-bond acceptors (Lipinski definition) is 7. The number of aromatic nitrogens is 2. The molecule has 3 aromatic rings. The maximum absolute atomic E-state index is 8.13. The molecule has 2 aromatic heterocycles. The van der Waals surface area contributed by atoms with Crippen molar-refractivity contribution in [1.82, 2.24) is 9.97 Å². The summed E-state index contributed by atoms with van der Waals surface area (Å²) < 4.78 is 0. The highest BCUT2D eigenvalue weighted by molar-refractivity contribution is 8.17. The summed E-state index contributed by atoms with van der Waals surface area (Å²) in [4.78, 5) is 12.9. The fourth-order valence-corrected chi connectivity index (χ4v) is 5.53. The highest BCUT2D eigenvalue weighted by Crippen LogP contribution is 2.31. The molecule has 0 amide bonds. The lowest BCUT2D eigenvalue weighted by Crippen LogP contribution is -2.11. The number of rotatable bonds is 5. The van der Waals surface area contributed by atoms with Crippen LogP contribution in [-0.2, 0) is 0 Å². The zero-order valence-corrected chi connectivity index (χ0v) is 23.2. The maximum atomic E-state index is 8.13. The summed E-state index contributed by atoms with van der Waals surface area (Å²) in [7, 11) is 0. The highest BCUT2D eigenvalue weighted by atomic mass is 32.2. The number of allylic oxidation sites excluding steroid dienone is 2. The minimum absolute atomic E-state index is 0.555. The molecule has 0 spiro atoms. The number of para-hydroxylation sites is 1. The summed E-state index contributed by atoms with van der Waals surface area (Å²) in [5, 5.41) is 17.2. The van der Waals surface area contributed by atoms with Crippen molar-refractivity contribution >= 4 is 39.3 Å². The topological polar surface area (TPSA) is 76.7 Å². The Morgan fingerprint density at radius 3 is 1.92 bits per heavy atom. The molecular weight excluding hydrogens is 494 g/mol. The van der Waals surface area contributed by atoms with Gasteiger partial charge in [0.05, 0.1) is 0 Å². The molecule has 1 aliphatic carbocycles. The number of anilines is 1. The Hall–Kier alpha value is -3.16. The number of nitrogens with one attached hydrogen (secondary N) is 2. The number of nitrogens with zero attached hydrogens (tertiary/aromatic N) is 3. The molecule has 0 atom stereocenters. The lowest BCUT2D eigenvalue weighted by atomic mass is 10.1. The molecule has 0 radical (unpaired) electrons. The summed E-state index contributed by atoms with van der Waals surface area (Å²) in [6, 6.07) is 17.9. The average Bonchev–Trinajstić information content (AvgIpc) is 3.45. The third-order valence-corrected chi connectivity index (χ3v) is 7.63. The molecule has 2 aliphatic rings. The number of thioether (sulfide) groups is 2. The van der Waals surface area contributed by atoms with E-state index in [1.165, 1.54) is 46.5 Å². The summed E-state index contributed by atoms with van der Waals surface area (Å²) in [5.74, 6) is 0. The molecule has 5 nitrogen and oxygen atoms in total. The number of hydrogen-bond donors (Lipinski definition) is 2. The second kappa shape index (κ2) is 15.8. The van der Waals surface area contributed by atoms with Gasteiger partial charge >= 0.3 is 0 Å². The van der Waals surface area contributed by atoms with E-state index in [1.807, 2.05) is 56.3 Å². The van der Waals surface area contributed by atoms with E-state index in [1.54, 1.807) is 36.5 Å². The van der Waals surface area contributed by atoms with Crippen LogP contribution in [0.1, 0.15) is 57.1 Å². The fourth-order valence-electron chi connectivity index (χ4n) is 3.71. The van der Waals surface area contributed by atoms with Gasteiger partial charge in [0.15, 0.2) is 0 Å². The van der Waals surface area contributed by atoms with Gasteiger partial charge in [-0.3, -0.25) is 20.8 Å². The van der Waals surface area contributed by atoms with E-state index >= 15 is 0 Å². The van der Waals surface area contributed by atoms with Crippen molar-refractivity contribution in [3.63, 3.8) is 0 Å². The molecule has 1 aromatic carbocycles. The normalized spacial score (nSPS) is 14.3. The van der Waals surface area contributed by atoms with Crippen molar-refractivity contribution in [2.24, 2.45) is 0 Å². The van der Waals surface area contributed by atoms with Gasteiger partial charge in [0, 0.05) is 59.3 Å². The van der Waals surface area contributed by atoms with Gasteiger partial charge in [-0.05, 0) is 73.4 Å². The Balaban J connectivity index is 0.000000200. The van der Waals surface area contributed by atoms with Gasteiger partial charge in [0.1, 0.15) is 10.1 Å². The molecule has 0 fully saturated rings. The summed E-state index contributed by atoms with van der Waals surface area (Å²) in [6.07, 6.45) is 17.2. The largest absolute Gasteiger partial charge is 0.347 e. The average molecular weight is 530 g/mol. The second-order valence-corrected chi connectivity index (χ2v) is 10.4. The Bertz CT molecular complexity index is 1180. The van der Waals surface area contributed by atoms with E-state index in [2.05, 4.69) is 39.3 Å². The number of benzene rings is 1. The molecule has 1 aliphatic heterocycles. The third kappa shape index (κ3) is 9.34. The van der Waals surface area contributed by atoms with Crippen LogP contribution < -0.4 is 4.90 Å². The smallest absolute Gasteiger partial charge is 0.100 e. The molecule has 3 heterocycles. The zero-order valence-electron chi connectivity index (χ0n) is 21.6. The summed E-state index contributed by atoms with van der Waals surface area (Å²) in [6.45, 7) is 4.98. The van der Waals surface area contributed by atoms with Gasteiger partial charge in [0.25, 0.3) is 0 Å². The lowest BCUT2D eigenvalue weighted by Gasteiger charge is -2.14. The first kappa shape index (κ1) is 28.4. The standard InChI is InChI=1S/C16H15N3S.C12H14N2S.C2H6/c17-16(13-5-4-9-18-11-13)20-15-8-10-19(12-15)14-6-2-1-3-7-14;13-12(10-5-4-8-14-9-10)15-11-6-2-1-3-7-11;1-2/h1-7,9,11-12,17H,8,10H2;4-6,8-9,13H,1-3,7H2;1-2H3. The van der Waals surface area contributed by atoms with Crippen LogP contribution in [0.25, 0.3) is 0 Å². The van der Waals surface area contributed by atoms with Crippen molar-refractivity contribution < 1.29 is 0 Å². The van der Waals surface area contributed by atoms with E-state index in [-0.39, 0.29) is 0 Å². The predicted octanol–water partition coefficient (Wildman–Crippen LogP) is 8.52.